The van der Waals surface area contributed by atoms with Crippen molar-refractivity contribution >= 4 is 11.8 Å². The zero-order valence-corrected chi connectivity index (χ0v) is 14.8. The second-order valence-electron chi connectivity index (χ2n) is 6.63. The van der Waals surface area contributed by atoms with E-state index in [1.54, 1.807) is 17.0 Å². The SMILES string of the molecule is CC(=O)N[C@H]1CCCN(C(=O)c2cccc(=O)[nH]2)[C@H]1Cc1ccccc1. The Morgan fingerprint density at radius 2 is 1.92 bits per heavy atom. The Morgan fingerprint density at radius 3 is 2.62 bits per heavy atom. The Hall–Kier alpha value is -2.89. The molecular formula is C20H23N3O3. The highest BCUT2D eigenvalue weighted by atomic mass is 16.2. The second-order valence-corrected chi connectivity index (χ2v) is 6.63. The van der Waals surface area contributed by atoms with E-state index in [4.69, 9.17) is 0 Å². The van der Waals surface area contributed by atoms with Crippen LogP contribution in [0.5, 0.6) is 0 Å². The third-order valence-corrected chi connectivity index (χ3v) is 4.71. The minimum Gasteiger partial charge on any atom is -0.352 e. The second kappa shape index (κ2) is 7.99. The topological polar surface area (TPSA) is 82.3 Å². The molecule has 136 valence electrons. The fourth-order valence-electron chi connectivity index (χ4n) is 3.57. The van der Waals surface area contributed by atoms with Crippen LogP contribution in [0, 0.1) is 0 Å². The summed E-state index contributed by atoms with van der Waals surface area (Å²) in [6.45, 7) is 2.10. The summed E-state index contributed by atoms with van der Waals surface area (Å²) in [6.07, 6.45) is 2.28. The minimum absolute atomic E-state index is 0.101. The molecule has 2 amide bonds. The average molecular weight is 353 g/mol. The predicted molar refractivity (Wildman–Crippen MR) is 98.9 cm³/mol. The molecule has 1 aromatic heterocycles. The molecular weight excluding hydrogens is 330 g/mol. The first-order valence-corrected chi connectivity index (χ1v) is 8.86. The van der Waals surface area contributed by atoms with Crippen molar-refractivity contribution in [3.05, 3.63) is 70.1 Å². The van der Waals surface area contributed by atoms with Crippen LogP contribution in [0.4, 0.5) is 0 Å². The molecule has 1 aliphatic rings. The molecule has 1 fully saturated rings. The van der Waals surface area contributed by atoms with Crippen molar-refractivity contribution in [3.63, 3.8) is 0 Å². The summed E-state index contributed by atoms with van der Waals surface area (Å²) in [5.74, 6) is -0.311. The number of likely N-dealkylation sites (tertiary alicyclic amines) is 1. The molecule has 2 heterocycles. The van der Waals surface area contributed by atoms with Gasteiger partial charge in [0.15, 0.2) is 0 Å². The largest absolute Gasteiger partial charge is 0.352 e. The molecule has 3 rings (SSSR count). The minimum atomic E-state index is -0.300. The third kappa shape index (κ3) is 4.20. The van der Waals surface area contributed by atoms with E-state index in [0.29, 0.717) is 13.0 Å². The first kappa shape index (κ1) is 17.9. The van der Waals surface area contributed by atoms with Crippen LogP contribution in [0.25, 0.3) is 0 Å². The maximum Gasteiger partial charge on any atom is 0.270 e. The molecule has 0 aliphatic carbocycles. The van der Waals surface area contributed by atoms with Gasteiger partial charge in [-0.15, -0.1) is 0 Å². The van der Waals surface area contributed by atoms with Gasteiger partial charge in [0, 0.05) is 25.6 Å². The van der Waals surface area contributed by atoms with Crippen molar-refractivity contribution in [1.82, 2.24) is 15.2 Å². The maximum absolute atomic E-state index is 13.0. The molecule has 2 atom stereocenters. The van der Waals surface area contributed by atoms with E-state index in [0.717, 1.165) is 18.4 Å². The molecule has 1 saturated heterocycles. The number of nitrogens with one attached hydrogen (secondary N) is 2. The van der Waals surface area contributed by atoms with E-state index in [2.05, 4.69) is 10.3 Å². The fraction of sp³-hybridized carbons (Fsp3) is 0.350. The van der Waals surface area contributed by atoms with Gasteiger partial charge in [-0.05, 0) is 30.9 Å². The number of rotatable bonds is 4. The van der Waals surface area contributed by atoms with Crippen molar-refractivity contribution in [3.8, 4) is 0 Å². The van der Waals surface area contributed by atoms with Crippen LogP contribution in [0.2, 0.25) is 0 Å². The van der Waals surface area contributed by atoms with Gasteiger partial charge in [0.05, 0.1) is 6.04 Å². The summed E-state index contributed by atoms with van der Waals surface area (Å²) in [4.78, 5) is 40.6. The van der Waals surface area contributed by atoms with Crippen molar-refractivity contribution in [2.24, 2.45) is 0 Å². The van der Waals surface area contributed by atoms with Gasteiger partial charge in [-0.25, -0.2) is 0 Å². The van der Waals surface area contributed by atoms with Gasteiger partial charge in [-0.1, -0.05) is 36.4 Å². The summed E-state index contributed by atoms with van der Waals surface area (Å²) < 4.78 is 0. The molecule has 0 unspecified atom stereocenters. The quantitative estimate of drug-likeness (QED) is 0.878. The highest BCUT2D eigenvalue weighted by molar-refractivity contribution is 5.92. The van der Waals surface area contributed by atoms with Crippen LogP contribution in [0.3, 0.4) is 0 Å². The van der Waals surface area contributed by atoms with Crippen molar-refractivity contribution in [1.29, 1.82) is 0 Å². The van der Waals surface area contributed by atoms with Gasteiger partial charge in [-0.3, -0.25) is 14.4 Å². The molecule has 1 aromatic carbocycles. The smallest absolute Gasteiger partial charge is 0.270 e. The average Bonchev–Trinajstić information content (AvgIpc) is 2.63. The summed E-state index contributed by atoms with van der Waals surface area (Å²) in [7, 11) is 0. The molecule has 6 nitrogen and oxygen atoms in total. The Balaban J connectivity index is 1.90. The number of aromatic nitrogens is 1. The van der Waals surface area contributed by atoms with Crippen LogP contribution in [-0.4, -0.2) is 40.3 Å². The number of pyridine rings is 1. The molecule has 2 N–H and O–H groups in total. The Kier molecular flexibility index (Phi) is 5.51. The van der Waals surface area contributed by atoms with E-state index >= 15 is 0 Å². The first-order chi connectivity index (χ1) is 12.5. The van der Waals surface area contributed by atoms with Gasteiger partial charge >= 0.3 is 0 Å². The molecule has 0 spiro atoms. The maximum atomic E-state index is 13.0. The lowest BCUT2D eigenvalue weighted by Crippen LogP contribution is -2.57. The number of hydrogen-bond acceptors (Lipinski definition) is 3. The Morgan fingerprint density at radius 1 is 1.15 bits per heavy atom. The summed E-state index contributed by atoms with van der Waals surface area (Å²) in [5.41, 5.74) is 1.08. The van der Waals surface area contributed by atoms with Crippen LogP contribution < -0.4 is 10.9 Å². The normalized spacial score (nSPS) is 19.8. The van der Waals surface area contributed by atoms with E-state index < -0.39 is 0 Å². The number of carbonyl (C=O) groups excluding carboxylic acids is 2. The molecule has 0 bridgehead atoms. The predicted octanol–water partition coefficient (Wildman–Crippen LogP) is 1.73. The number of nitrogens with zero attached hydrogens (tertiary/aromatic N) is 1. The number of benzene rings is 1. The summed E-state index contributed by atoms with van der Waals surface area (Å²) >= 11 is 0. The molecule has 1 aliphatic heterocycles. The van der Waals surface area contributed by atoms with Crippen molar-refractivity contribution in [2.75, 3.05) is 6.54 Å². The molecule has 0 saturated carbocycles. The molecule has 6 heteroatoms. The number of amides is 2. The van der Waals surface area contributed by atoms with E-state index in [1.807, 2.05) is 30.3 Å². The van der Waals surface area contributed by atoms with Crippen LogP contribution in [0.15, 0.2) is 53.3 Å². The summed E-state index contributed by atoms with van der Waals surface area (Å²) in [5, 5.41) is 3.00. The number of piperidine rings is 1. The van der Waals surface area contributed by atoms with Gasteiger partial charge in [-0.2, -0.15) is 0 Å². The van der Waals surface area contributed by atoms with Crippen LogP contribution in [0.1, 0.15) is 35.8 Å². The number of carbonyl (C=O) groups is 2. The van der Waals surface area contributed by atoms with E-state index in [1.165, 1.54) is 13.0 Å². The lowest BCUT2D eigenvalue weighted by molar-refractivity contribution is -0.120. The van der Waals surface area contributed by atoms with Gasteiger partial charge in [0.25, 0.3) is 5.91 Å². The Bertz CT molecular complexity index is 831. The third-order valence-electron chi connectivity index (χ3n) is 4.71. The van der Waals surface area contributed by atoms with E-state index in [9.17, 15) is 14.4 Å². The Labute approximate surface area is 152 Å². The number of H-pyrrole nitrogens is 1. The molecule has 2 aromatic rings. The number of aromatic amines is 1. The van der Waals surface area contributed by atoms with E-state index in [-0.39, 0.29) is 35.2 Å². The zero-order chi connectivity index (χ0) is 18.5. The lowest BCUT2D eigenvalue weighted by Gasteiger charge is -2.41. The zero-order valence-electron chi connectivity index (χ0n) is 14.8. The monoisotopic (exact) mass is 353 g/mol. The lowest BCUT2D eigenvalue weighted by atomic mass is 9.90. The standard InChI is InChI=1S/C20H23N3O3/c1-14(24)21-16-10-6-12-23(18(16)13-15-7-3-2-4-8-15)20(26)17-9-5-11-19(25)22-17/h2-5,7-9,11,16,18H,6,10,12-13H2,1H3,(H,21,24)(H,22,25)/t16-,18-/m0/s1. The molecule has 26 heavy (non-hydrogen) atoms. The van der Waals surface area contributed by atoms with Crippen molar-refractivity contribution in [2.45, 2.75) is 38.3 Å². The number of hydrogen-bond donors (Lipinski definition) is 2. The summed E-state index contributed by atoms with van der Waals surface area (Å²) in [6, 6.07) is 14.2. The fourth-order valence-corrected chi connectivity index (χ4v) is 3.57. The van der Waals surface area contributed by atoms with Gasteiger partial charge in [0.1, 0.15) is 5.69 Å². The first-order valence-electron chi connectivity index (χ1n) is 8.86. The van der Waals surface area contributed by atoms with Crippen LogP contribution in [-0.2, 0) is 11.2 Å². The highest BCUT2D eigenvalue weighted by Gasteiger charge is 2.35. The molecule has 0 radical (unpaired) electrons. The van der Waals surface area contributed by atoms with Crippen LogP contribution >= 0.6 is 0 Å². The highest BCUT2D eigenvalue weighted by Crippen LogP contribution is 2.23. The van der Waals surface area contributed by atoms with Gasteiger partial charge in [0.2, 0.25) is 11.5 Å². The van der Waals surface area contributed by atoms with Crippen molar-refractivity contribution < 1.29 is 9.59 Å². The van der Waals surface area contributed by atoms with Gasteiger partial charge < -0.3 is 15.2 Å².